The smallest absolute Gasteiger partial charge is 0.414 e. The van der Waals surface area contributed by atoms with Gasteiger partial charge in [0.15, 0.2) is 0 Å². The molecule has 2 fully saturated rings. The van der Waals surface area contributed by atoms with E-state index in [0.717, 1.165) is 13.1 Å². The lowest BCUT2D eigenvalue weighted by atomic mass is 9.99. The summed E-state index contributed by atoms with van der Waals surface area (Å²) in [5.74, 6) is 0. The molecule has 2 heterocycles. The van der Waals surface area contributed by atoms with Crippen molar-refractivity contribution < 1.29 is 19.2 Å². The topological polar surface area (TPSA) is 97.2 Å². The van der Waals surface area contributed by atoms with E-state index >= 15 is 0 Å². The standard InChI is InChI=1S/C19H28N4O5/c1-13-10-21(11-14(2)28-13)19(3,4)12-20-16-6-5-15(23(25)26)9-17(16)22-7-8-27-18(22)24/h5-6,9,13-14,20H,7-8,10-12H2,1-4H3/t13-,14-/m0/s1. The van der Waals surface area contributed by atoms with Crippen LogP contribution in [0.1, 0.15) is 27.7 Å². The van der Waals surface area contributed by atoms with Crippen LogP contribution in [0.3, 0.4) is 0 Å². The van der Waals surface area contributed by atoms with Gasteiger partial charge in [-0.15, -0.1) is 0 Å². The maximum atomic E-state index is 12.0. The number of amides is 1. The van der Waals surface area contributed by atoms with Gasteiger partial charge in [-0.1, -0.05) is 0 Å². The highest BCUT2D eigenvalue weighted by atomic mass is 16.6. The first-order valence-corrected chi connectivity index (χ1v) is 9.54. The zero-order chi connectivity index (χ0) is 20.5. The number of ether oxygens (including phenoxy) is 2. The van der Waals surface area contributed by atoms with Crippen molar-refractivity contribution in [3.8, 4) is 0 Å². The Hall–Kier alpha value is -2.39. The number of benzene rings is 1. The van der Waals surface area contributed by atoms with Gasteiger partial charge in [-0.05, 0) is 33.8 Å². The normalized spacial score (nSPS) is 23.6. The fraction of sp³-hybridized carbons (Fsp3) is 0.632. The summed E-state index contributed by atoms with van der Waals surface area (Å²) in [7, 11) is 0. The van der Waals surface area contributed by atoms with Crippen LogP contribution in [-0.4, -0.2) is 66.4 Å². The number of nitro benzene ring substituents is 1. The van der Waals surface area contributed by atoms with E-state index in [4.69, 9.17) is 9.47 Å². The van der Waals surface area contributed by atoms with Gasteiger partial charge in [0.2, 0.25) is 0 Å². The van der Waals surface area contributed by atoms with Crippen LogP contribution < -0.4 is 10.2 Å². The van der Waals surface area contributed by atoms with Crippen molar-refractivity contribution in [1.29, 1.82) is 0 Å². The number of non-ortho nitro benzene ring substituents is 1. The Labute approximate surface area is 164 Å². The molecule has 2 aliphatic heterocycles. The third-order valence-electron chi connectivity index (χ3n) is 5.23. The molecule has 0 radical (unpaired) electrons. The Morgan fingerprint density at radius 1 is 1.29 bits per heavy atom. The number of nitrogens with one attached hydrogen (secondary N) is 1. The van der Waals surface area contributed by atoms with E-state index < -0.39 is 11.0 Å². The quantitative estimate of drug-likeness (QED) is 0.587. The first-order chi connectivity index (χ1) is 13.2. The Bertz CT molecular complexity index is 744. The molecule has 0 bridgehead atoms. The molecule has 2 saturated heterocycles. The van der Waals surface area contributed by atoms with Gasteiger partial charge < -0.3 is 14.8 Å². The van der Waals surface area contributed by atoms with Crippen LogP contribution in [0.2, 0.25) is 0 Å². The van der Waals surface area contributed by atoms with E-state index in [-0.39, 0.29) is 30.0 Å². The number of anilines is 2. The van der Waals surface area contributed by atoms with Crippen molar-refractivity contribution in [2.45, 2.75) is 45.4 Å². The molecule has 154 valence electrons. The summed E-state index contributed by atoms with van der Waals surface area (Å²) in [5, 5.41) is 14.6. The number of nitro groups is 1. The van der Waals surface area contributed by atoms with Crippen LogP contribution in [0.25, 0.3) is 0 Å². The average molecular weight is 392 g/mol. The second-order valence-electron chi connectivity index (χ2n) is 8.05. The van der Waals surface area contributed by atoms with Crippen LogP contribution >= 0.6 is 0 Å². The number of carbonyl (C=O) groups is 1. The zero-order valence-electron chi connectivity index (χ0n) is 16.8. The molecule has 3 rings (SSSR count). The molecule has 9 heteroatoms. The molecule has 0 unspecified atom stereocenters. The van der Waals surface area contributed by atoms with Gasteiger partial charge in [-0.25, -0.2) is 4.79 Å². The SMILES string of the molecule is C[C@H]1CN(C(C)(C)CNc2ccc([N+](=O)[O-])cc2N2CCOC2=O)C[C@H](C)O1. The van der Waals surface area contributed by atoms with Gasteiger partial charge in [-0.2, -0.15) is 0 Å². The van der Waals surface area contributed by atoms with E-state index in [1.54, 1.807) is 6.07 Å². The largest absolute Gasteiger partial charge is 0.447 e. The van der Waals surface area contributed by atoms with E-state index in [9.17, 15) is 14.9 Å². The molecular weight excluding hydrogens is 364 g/mol. The summed E-state index contributed by atoms with van der Waals surface area (Å²) < 4.78 is 10.8. The maximum Gasteiger partial charge on any atom is 0.414 e. The van der Waals surface area contributed by atoms with Crippen molar-refractivity contribution in [3.05, 3.63) is 28.3 Å². The van der Waals surface area contributed by atoms with Gasteiger partial charge in [0.05, 0.1) is 35.1 Å². The fourth-order valence-corrected chi connectivity index (χ4v) is 3.71. The monoisotopic (exact) mass is 392 g/mol. The summed E-state index contributed by atoms with van der Waals surface area (Å²) in [4.78, 5) is 26.5. The molecule has 1 N–H and O–H groups in total. The second kappa shape index (κ2) is 7.92. The van der Waals surface area contributed by atoms with Crippen LogP contribution in [0.4, 0.5) is 21.9 Å². The average Bonchev–Trinajstić information content (AvgIpc) is 3.05. The van der Waals surface area contributed by atoms with Gasteiger partial charge in [0.25, 0.3) is 5.69 Å². The second-order valence-corrected chi connectivity index (χ2v) is 8.05. The van der Waals surface area contributed by atoms with Gasteiger partial charge in [-0.3, -0.25) is 19.9 Å². The van der Waals surface area contributed by atoms with Crippen LogP contribution in [0.5, 0.6) is 0 Å². The summed E-state index contributed by atoms with van der Waals surface area (Å²) >= 11 is 0. The fourth-order valence-electron chi connectivity index (χ4n) is 3.71. The predicted octanol–water partition coefficient (Wildman–Crippen LogP) is 2.85. The van der Waals surface area contributed by atoms with Crippen molar-refractivity contribution in [3.63, 3.8) is 0 Å². The highest BCUT2D eigenvalue weighted by Crippen LogP contribution is 2.33. The van der Waals surface area contributed by atoms with E-state index in [2.05, 4.69) is 37.9 Å². The number of hydrogen-bond acceptors (Lipinski definition) is 7. The number of hydrogen-bond donors (Lipinski definition) is 1. The summed E-state index contributed by atoms with van der Waals surface area (Å²) in [5.41, 5.74) is 0.912. The molecule has 1 aromatic carbocycles. The van der Waals surface area contributed by atoms with Gasteiger partial charge in [0.1, 0.15) is 6.61 Å². The molecule has 0 aromatic heterocycles. The number of carbonyl (C=O) groups excluding carboxylic acids is 1. The van der Waals surface area contributed by atoms with Gasteiger partial charge >= 0.3 is 6.09 Å². The highest BCUT2D eigenvalue weighted by Gasteiger charge is 2.34. The maximum absolute atomic E-state index is 12.0. The van der Waals surface area contributed by atoms with Crippen LogP contribution in [-0.2, 0) is 9.47 Å². The minimum atomic E-state index is -0.487. The van der Waals surface area contributed by atoms with E-state index in [1.165, 1.54) is 17.0 Å². The van der Waals surface area contributed by atoms with Crippen molar-refractivity contribution in [1.82, 2.24) is 4.90 Å². The van der Waals surface area contributed by atoms with E-state index in [1.807, 2.05) is 0 Å². The van der Waals surface area contributed by atoms with Crippen LogP contribution in [0, 0.1) is 10.1 Å². The lowest BCUT2D eigenvalue weighted by Crippen LogP contribution is -2.57. The Balaban J connectivity index is 1.79. The van der Waals surface area contributed by atoms with Gasteiger partial charge in [0, 0.05) is 37.3 Å². The minimum Gasteiger partial charge on any atom is -0.447 e. The molecule has 1 aromatic rings. The first-order valence-electron chi connectivity index (χ1n) is 9.54. The third kappa shape index (κ3) is 4.36. The molecule has 9 nitrogen and oxygen atoms in total. The first kappa shape index (κ1) is 20.3. The molecule has 2 aliphatic rings. The predicted molar refractivity (Wildman–Crippen MR) is 106 cm³/mol. The molecule has 2 atom stereocenters. The summed E-state index contributed by atoms with van der Waals surface area (Å²) in [6.45, 7) is 11.4. The molecule has 0 spiro atoms. The van der Waals surface area contributed by atoms with Crippen molar-refractivity contribution in [2.75, 3.05) is 43.0 Å². The van der Waals surface area contributed by atoms with Crippen LogP contribution in [0.15, 0.2) is 18.2 Å². The Morgan fingerprint density at radius 3 is 2.54 bits per heavy atom. The number of cyclic esters (lactones) is 1. The molecule has 0 aliphatic carbocycles. The molecule has 28 heavy (non-hydrogen) atoms. The number of rotatable bonds is 6. The Morgan fingerprint density at radius 2 is 1.96 bits per heavy atom. The third-order valence-corrected chi connectivity index (χ3v) is 5.23. The zero-order valence-corrected chi connectivity index (χ0v) is 16.8. The number of nitrogens with zero attached hydrogens (tertiary/aromatic N) is 3. The Kier molecular flexibility index (Phi) is 5.76. The summed E-state index contributed by atoms with van der Waals surface area (Å²) in [6, 6.07) is 4.51. The number of morpholine rings is 1. The lowest BCUT2D eigenvalue weighted by Gasteiger charge is -2.45. The molecule has 0 saturated carbocycles. The summed E-state index contributed by atoms with van der Waals surface area (Å²) in [6.07, 6.45) is -0.159. The minimum absolute atomic E-state index is 0.0599. The van der Waals surface area contributed by atoms with Crippen molar-refractivity contribution in [2.24, 2.45) is 0 Å². The highest BCUT2D eigenvalue weighted by molar-refractivity contribution is 5.94. The molecular formula is C19H28N4O5. The van der Waals surface area contributed by atoms with E-state index in [0.29, 0.717) is 24.5 Å². The van der Waals surface area contributed by atoms with Crippen molar-refractivity contribution >= 4 is 23.2 Å². The molecule has 1 amide bonds. The lowest BCUT2D eigenvalue weighted by molar-refractivity contribution is -0.384.